The SMILES string of the molecule is N=C(N1CC(CCN)C1)N(C(=O)OCc1ccccc1)C(=O)OCc1ccccc1. The van der Waals surface area contributed by atoms with Gasteiger partial charge in [0.2, 0.25) is 5.96 Å². The Morgan fingerprint density at radius 3 is 1.83 bits per heavy atom. The average molecular weight is 410 g/mol. The van der Waals surface area contributed by atoms with E-state index in [4.69, 9.17) is 20.6 Å². The highest BCUT2D eigenvalue weighted by atomic mass is 16.6. The van der Waals surface area contributed by atoms with Crippen LogP contribution in [-0.2, 0) is 22.7 Å². The molecule has 1 heterocycles. The molecule has 0 radical (unpaired) electrons. The van der Waals surface area contributed by atoms with Gasteiger partial charge < -0.3 is 20.1 Å². The van der Waals surface area contributed by atoms with E-state index in [1.807, 2.05) is 60.7 Å². The third-order valence-corrected chi connectivity index (χ3v) is 4.82. The van der Waals surface area contributed by atoms with Gasteiger partial charge in [0.05, 0.1) is 0 Å². The van der Waals surface area contributed by atoms with Crippen molar-refractivity contribution in [1.29, 1.82) is 5.41 Å². The Hall–Kier alpha value is -3.39. The second kappa shape index (κ2) is 10.4. The molecule has 0 unspecified atom stereocenters. The quantitative estimate of drug-likeness (QED) is 0.559. The molecule has 8 heteroatoms. The number of hydrogen-bond donors (Lipinski definition) is 2. The summed E-state index contributed by atoms with van der Waals surface area (Å²) in [7, 11) is 0. The van der Waals surface area contributed by atoms with Crippen LogP contribution in [0.3, 0.4) is 0 Å². The van der Waals surface area contributed by atoms with Crippen molar-refractivity contribution >= 4 is 18.1 Å². The number of nitrogens with zero attached hydrogens (tertiary/aromatic N) is 2. The maximum atomic E-state index is 12.7. The number of nitrogens with one attached hydrogen (secondary N) is 1. The molecule has 0 saturated carbocycles. The van der Waals surface area contributed by atoms with Crippen LogP contribution in [-0.4, -0.2) is 47.6 Å². The van der Waals surface area contributed by atoms with E-state index in [1.165, 1.54) is 0 Å². The molecule has 0 aliphatic carbocycles. The molecule has 0 aromatic heterocycles. The van der Waals surface area contributed by atoms with Crippen LogP contribution >= 0.6 is 0 Å². The first-order valence-corrected chi connectivity index (χ1v) is 9.83. The van der Waals surface area contributed by atoms with Crippen LogP contribution in [0, 0.1) is 11.3 Å². The van der Waals surface area contributed by atoms with Crippen molar-refractivity contribution in [2.75, 3.05) is 19.6 Å². The lowest BCUT2D eigenvalue weighted by Crippen LogP contribution is -2.58. The predicted octanol–water partition coefficient (Wildman–Crippen LogP) is 3.18. The molecule has 0 spiro atoms. The van der Waals surface area contributed by atoms with Gasteiger partial charge in [0.1, 0.15) is 13.2 Å². The molecule has 2 aromatic carbocycles. The third-order valence-electron chi connectivity index (χ3n) is 4.82. The number of hydrogen-bond acceptors (Lipinski definition) is 6. The van der Waals surface area contributed by atoms with E-state index >= 15 is 0 Å². The van der Waals surface area contributed by atoms with Crippen molar-refractivity contribution in [2.24, 2.45) is 11.7 Å². The fourth-order valence-electron chi connectivity index (χ4n) is 3.12. The summed E-state index contributed by atoms with van der Waals surface area (Å²) >= 11 is 0. The first-order valence-electron chi connectivity index (χ1n) is 9.83. The lowest BCUT2D eigenvalue weighted by Gasteiger charge is -2.42. The third kappa shape index (κ3) is 5.57. The predicted molar refractivity (Wildman–Crippen MR) is 112 cm³/mol. The average Bonchev–Trinajstić information content (AvgIpc) is 2.74. The zero-order valence-corrected chi connectivity index (χ0v) is 16.7. The summed E-state index contributed by atoms with van der Waals surface area (Å²) in [5, 5.41) is 8.37. The number of nitrogens with two attached hydrogens (primary N) is 1. The van der Waals surface area contributed by atoms with Crippen molar-refractivity contribution < 1.29 is 19.1 Å². The Bertz CT molecular complexity index is 798. The van der Waals surface area contributed by atoms with E-state index < -0.39 is 12.2 Å². The van der Waals surface area contributed by atoms with E-state index in [0.717, 1.165) is 17.5 Å². The molecule has 0 bridgehead atoms. The lowest BCUT2D eigenvalue weighted by molar-refractivity contribution is 0.0778. The molecule has 2 aromatic rings. The van der Waals surface area contributed by atoms with Gasteiger partial charge in [-0.1, -0.05) is 60.7 Å². The van der Waals surface area contributed by atoms with Crippen LogP contribution in [0.2, 0.25) is 0 Å². The molecule has 1 fully saturated rings. The van der Waals surface area contributed by atoms with E-state index in [-0.39, 0.29) is 19.2 Å². The maximum Gasteiger partial charge on any atom is 0.426 e. The number of carbonyl (C=O) groups excluding carboxylic acids is 2. The summed E-state index contributed by atoms with van der Waals surface area (Å²) in [6.45, 7) is 1.67. The van der Waals surface area contributed by atoms with Gasteiger partial charge in [-0.25, -0.2) is 9.59 Å². The Balaban J connectivity index is 1.64. The van der Waals surface area contributed by atoms with Crippen LogP contribution in [0.1, 0.15) is 17.5 Å². The van der Waals surface area contributed by atoms with Gasteiger partial charge in [-0.15, -0.1) is 4.90 Å². The number of benzene rings is 2. The van der Waals surface area contributed by atoms with Crippen molar-refractivity contribution in [1.82, 2.24) is 9.80 Å². The van der Waals surface area contributed by atoms with E-state index in [0.29, 0.717) is 30.5 Å². The van der Waals surface area contributed by atoms with Crippen LogP contribution in [0.4, 0.5) is 9.59 Å². The number of guanidine groups is 1. The molecule has 1 aliphatic heterocycles. The summed E-state index contributed by atoms with van der Waals surface area (Å²) in [6, 6.07) is 18.3. The van der Waals surface area contributed by atoms with Gasteiger partial charge in [0.15, 0.2) is 0 Å². The van der Waals surface area contributed by atoms with Crippen LogP contribution in [0.15, 0.2) is 60.7 Å². The first-order chi connectivity index (χ1) is 14.6. The second-order valence-electron chi connectivity index (χ2n) is 7.09. The Labute approximate surface area is 175 Å². The molecule has 2 amide bonds. The number of likely N-dealkylation sites (tertiary alicyclic amines) is 1. The van der Waals surface area contributed by atoms with E-state index in [9.17, 15) is 9.59 Å². The zero-order valence-electron chi connectivity index (χ0n) is 16.7. The number of imide groups is 1. The first kappa shape index (κ1) is 21.3. The Kier molecular flexibility index (Phi) is 7.40. The van der Waals surface area contributed by atoms with Gasteiger partial charge in [-0.2, -0.15) is 0 Å². The molecule has 158 valence electrons. The standard InChI is InChI=1S/C22H26N4O4/c23-12-11-19-13-25(14-19)20(24)26(21(27)29-15-17-7-3-1-4-8-17)22(28)30-16-18-9-5-2-6-10-18/h1-10,19,24H,11-16,23H2. The van der Waals surface area contributed by atoms with Crippen LogP contribution in [0.25, 0.3) is 0 Å². The molecule has 1 aliphatic rings. The minimum absolute atomic E-state index is 0.00871. The molecular formula is C22H26N4O4. The highest BCUT2D eigenvalue weighted by molar-refractivity contribution is 6.06. The van der Waals surface area contributed by atoms with E-state index in [2.05, 4.69) is 0 Å². The largest absolute Gasteiger partial charge is 0.444 e. The number of amides is 2. The van der Waals surface area contributed by atoms with Gasteiger partial charge in [0, 0.05) is 13.1 Å². The zero-order chi connectivity index (χ0) is 21.3. The molecule has 3 N–H and O–H groups in total. The summed E-state index contributed by atoms with van der Waals surface area (Å²) in [5.74, 6) is 0.0947. The lowest BCUT2D eigenvalue weighted by atomic mass is 9.97. The highest BCUT2D eigenvalue weighted by Gasteiger charge is 2.37. The monoisotopic (exact) mass is 410 g/mol. The van der Waals surface area contributed by atoms with Crippen molar-refractivity contribution in [2.45, 2.75) is 19.6 Å². The van der Waals surface area contributed by atoms with Crippen molar-refractivity contribution in [3.63, 3.8) is 0 Å². The van der Waals surface area contributed by atoms with Gasteiger partial charge >= 0.3 is 12.2 Å². The maximum absolute atomic E-state index is 12.7. The smallest absolute Gasteiger partial charge is 0.426 e. The van der Waals surface area contributed by atoms with Gasteiger partial charge in [0.25, 0.3) is 0 Å². The summed E-state index contributed by atoms with van der Waals surface area (Å²) in [6.07, 6.45) is -1.05. The minimum atomic E-state index is -0.941. The summed E-state index contributed by atoms with van der Waals surface area (Å²) in [5.41, 5.74) is 7.13. The fraction of sp³-hybridized carbons (Fsp3) is 0.318. The summed E-state index contributed by atoms with van der Waals surface area (Å²) < 4.78 is 10.6. The number of rotatable bonds is 6. The summed E-state index contributed by atoms with van der Waals surface area (Å²) in [4.78, 5) is 27.6. The molecule has 8 nitrogen and oxygen atoms in total. The Morgan fingerprint density at radius 2 is 1.40 bits per heavy atom. The number of carbonyl (C=O) groups is 2. The normalized spacial score (nSPS) is 13.3. The fourth-order valence-corrected chi connectivity index (χ4v) is 3.12. The number of ether oxygens (including phenoxy) is 2. The minimum Gasteiger partial charge on any atom is -0.444 e. The van der Waals surface area contributed by atoms with Gasteiger partial charge in [-0.05, 0) is 30.0 Å². The van der Waals surface area contributed by atoms with Crippen LogP contribution in [0.5, 0.6) is 0 Å². The molecule has 30 heavy (non-hydrogen) atoms. The molecular weight excluding hydrogens is 384 g/mol. The van der Waals surface area contributed by atoms with Gasteiger partial charge in [-0.3, -0.25) is 5.41 Å². The van der Waals surface area contributed by atoms with Crippen LogP contribution < -0.4 is 5.73 Å². The van der Waals surface area contributed by atoms with Crippen molar-refractivity contribution in [3.05, 3.63) is 71.8 Å². The van der Waals surface area contributed by atoms with E-state index in [1.54, 1.807) is 4.90 Å². The second-order valence-corrected chi connectivity index (χ2v) is 7.09. The molecule has 3 rings (SSSR count). The van der Waals surface area contributed by atoms with Crippen molar-refractivity contribution in [3.8, 4) is 0 Å². The molecule has 0 atom stereocenters. The highest BCUT2D eigenvalue weighted by Crippen LogP contribution is 2.21. The Morgan fingerprint density at radius 1 is 0.933 bits per heavy atom. The topological polar surface area (TPSA) is 109 Å². The molecule has 1 saturated heterocycles.